The molecule has 24 heavy (non-hydrogen) atoms. The number of carbonyl (C=O) groups is 4. The highest BCUT2D eigenvalue weighted by atomic mass is 16.2. The minimum absolute atomic E-state index is 0.317. The number of nitrogens with zero attached hydrogens (tertiary/aromatic N) is 1. The normalized spacial score (nSPS) is 16.0. The van der Waals surface area contributed by atoms with E-state index >= 15 is 0 Å². The van der Waals surface area contributed by atoms with Gasteiger partial charge in [-0.1, -0.05) is 13.8 Å². The van der Waals surface area contributed by atoms with Crippen LogP contribution in [0.1, 0.15) is 37.0 Å². The number of hydrogen-bond acceptors (Lipinski definition) is 4. The molecule has 1 heterocycles. The summed E-state index contributed by atoms with van der Waals surface area (Å²) in [6, 6.07) is 5.43. The molecule has 0 aliphatic carbocycles. The Morgan fingerprint density at radius 1 is 1.17 bits per heavy atom. The summed E-state index contributed by atoms with van der Waals surface area (Å²) in [4.78, 5) is 48.4. The summed E-state index contributed by atoms with van der Waals surface area (Å²) in [5.41, 5.74) is 4.97. The van der Waals surface area contributed by atoms with Crippen LogP contribution in [0.2, 0.25) is 0 Å². The smallest absolute Gasteiger partial charge is 0.325 e. The van der Waals surface area contributed by atoms with E-state index in [0.717, 1.165) is 4.90 Å². The van der Waals surface area contributed by atoms with E-state index in [2.05, 4.69) is 10.6 Å². The van der Waals surface area contributed by atoms with Gasteiger partial charge in [0.1, 0.15) is 12.1 Å². The van der Waals surface area contributed by atoms with Crippen molar-refractivity contribution in [1.82, 2.24) is 10.2 Å². The second-order valence-corrected chi connectivity index (χ2v) is 5.60. The van der Waals surface area contributed by atoms with Gasteiger partial charge in [0.25, 0.3) is 5.91 Å². The van der Waals surface area contributed by atoms with Gasteiger partial charge in [-0.2, -0.15) is 0 Å². The van der Waals surface area contributed by atoms with Crippen molar-refractivity contribution in [2.24, 2.45) is 5.73 Å². The van der Waals surface area contributed by atoms with Crippen molar-refractivity contribution < 1.29 is 19.2 Å². The number of nitrogens with one attached hydrogen (secondary N) is 2. The molecule has 128 valence electrons. The third-order valence-electron chi connectivity index (χ3n) is 4.21. The van der Waals surface area contributed by atoms with Crippen molar-refractivity contribution in [3.05, 3.63) is 29.8 Å². The number of imide groups is 1. The number of primary amides is 1. The Kier molecular flexibility index (Phi) is 4.87. The molecule has 1 fully saturated rings. The van der Waals surface area contributed by atoms with Crippen LogP contribution < -0.4 is 16.4 Å². The second kappa shape index (κ2) is 6.69. The van der Waals surface area contributed by atoms with Crippen LogP contribution in [0.3, 0.4) is 0 Å². The highest BCUT2D eigenvalue weighted by Gasteiger charge is 2.49. The van der Waals surface area contributed by atoms with Crippen molar-refractivity contribution in [2.45, 2.75) is 32.2 Å². The lowest BCUT2D eigenvalue weighted by Gasteiger charge is -2.23. The average molecular weight is 332 g/mol. The van der Waals surface area contributed by atoms with Gasteiger partial charge in [-0.05, 0) is 37.1 Å². The minimum Gasteiger partial charge on any atom is -0.366 e. The van der Waals surface area contributed by atoms with Crippen molar-refractivity contribution in [1.29, 1.82) is 0 Å². The Bertz CT molecular complexity index is 680. The number of amides is 5. The van der Waals surface area contributed by atoms with E-state index in [0.29, 0.717) is 24.1 Å². The van der Waals surface area contributed by atoms with Crippen LogP contribution in [-0.2, 0) is 9.59 Å². The molecule has 0 unspecified atom stereocenters. The van der Waals surface area contributed by atoms with Gasteiger partial charge in [0.15, 0.2) is 0 Å². The summed E-state index contributed by atoms with van der Waals surface area (Å²) < 4.78 is 0. The molecule has 5 amide bonds. The molecule has 0 bridgehead atoms. The van der Waals surface area contributed by atoms with Crippen LogP contribution in [0.4, 0.5) is 10.5 Å². The van der Waals surface area contributed by atoms with E-state index < -0.39 is 29.3 Å². The van der Waals surface area contributed by atoms with E-state index in [9.17, 15) is 19.2 Å². The Balaban J connectivity index is 2.03. The molecule has 8 nitrogen and oxygen atoms in total. The maximum atomic E-state index is 12.4. The van der Waals surface area contributed by atoms with Gasteiger partial charge in [-0.15, -0.1) is 0 Å². The first-order chi connectivity index (χ1) is 11.3. The van der Waals surface area contributed by atoms with Gasteiger partial charge in [0.2, 0.25) is 11.8 Å². The monoisotopic (exact) mass is 332 g/mol. The first-order valence-corrected chi connectivity index (χ1v) is 7.66. The topological polar surface area (TPSA) is 122 Å². The van der Waals surface area contributed by atoms with Gasteiger partial charge >= 0.3 is 6.03 Å². The summed E-state index contributed by atoms with van der Waals surface area (Å²) in [5.74, 6) is -1.47. The summed E-state index contributed by atoms with van der Waals surface area (Å²) in [6.45, 7) is 3.25. The van der Waals surface area contributed by atoms with Gasteiger partial charge < -0.3 is 16.4 Å². The maximum absolute atomic E-state index is 12.4. The summed E-state index contributed by atoms with van der Waals surface area (Å²) in [6.07, 6.45) is 0.918. The van der Waals surface area contributed by atoms with E-state index in [1.807, 2.05) is 13.8 Å². The Labute approximate surface area is 139 Å². The fraction of sp³-hybridized carbons (Fsp3) is 0.375. The van der Waals surface area contributed by atoms with Crippen LogP contribution in [0.5, 0.6) is 0 Å². The minimum atomic E-state index is -0.930. The van der Waals surface area contributed by atoms with E-state index in [1.165, 1.54) is 24.3 Å². The number of carbonyl (C=O) groups excluding carboxylic acids is 4. The maximum Gasteiger partial charge on any atom is 0.325 e. The van der Waals surface area contributed by atoms with E-state index in [1.54, 1.807) is 0 Å². The zero-order valence-corrected chi connectivity index (χ0v) is 13.6. The molecule has 4 N–H and O–H groups in total. The van der Waals surface area contributed by atoms with Crippen LogP contribution >= 0.6 is 0 Å². The molecule has 0 spiro atoms. The van der Waals surface area contributed by atoms with Gasteiger partial charge in [0.05, 0.1) is 0 Å². The van der Waals surface area contributed by atoms with Gasteiger partial charge in [-0.25, -0.2) is 4.79 Å². The van der Waals surface area contributed by atoms with Gasteiger partial charge in [0, 0.05) is 11.3 Å². The third-order valence-corrected chi connectivity index (χ3v) is 4.21. The summed E-state index contributed by atoms with van der Waals surface area (Å²) >= 11 is 0. The summed E-state index contributed by atoms with van der Waals surface area (Å²) in [7, 11) is 0. The van der Waals surface area contributed by atoms with Crippen LogP contribution in [0, 0.1) is 0 Å². The number of urea groups is 1. The largest absolute Gasteiger partial charge is 0.366 e. The molecule has 0 atom stereocenters. The number of hydrogen-bond donors (Lipinski definition) is 3. The fourth-order valence-corrected chi connectivity index (χ4v) is 2.61. The molecule has 0 aromatic heterocycles. The zero-order chi connectivity index (χ0) is 17.9. The predicted octanol–water partition coefficient (Wildman–Crippen LogP) is 0.835. The van der Waals surface area contributed by atoms with Crippen molar-refractivity contribution in [2.75, 3.05) is 11.9 Å². The van der Waals surface area contributed by atoms with Gasteiger partial charge in [-0.3, -0.25) is 19.3 Å². The Hall–Kier alpha value is -2.90. The number of benzene rings is 1. The fourth-order valence-electron chi connectivity index (χ4n) is 2.61. The van der Waals surface area contributed by atoms with E-state index in [-0.39, 0.29) is 6.54 Å². The van der Waals surface area contributed by atoms with Crippen molar-refractivity contribution in [3.63, 3.8) is 0 Å². The molecular formula is C16H20N4O4. The first kappa shape index (κ1) is 17.5. The zero-order valence-electron chi connectivity index (χ0n) is 13.6. The highest BCUT2D eigenvalue weighted by molar-refractivity contribution is 6.10. The first-order valence-electron chi connectivity index (χ1n) is 7.66. The van der Waals surface area contributed by atoms with E-state index in [4.69, 9.17) is 5.73 Å². The Morgan fingerprint density at radius 3 is 2.21 bits per heavy atom. The molecule has 0 saturated carbocycles. The molecule has 0 radical (unpaired) electrons. The summed E-state index contributed by atoms with van der Waals surface area (Å²) in [5, 5.41) is 5.24. The number of nitrogens with two attached hydrogens (primary N) is 1. The lowest BCUT2D eigenvalue weighted by Crippen LogP contribution is -2.46. The van der Waals surface area contributed by atoms with Crippen LogP contribution in [-0.4, -0.2) is 40.7 Å². The van der Waals surface area contributed by atoms with Crippen LogP contribution in [0.25, 0.3) is 0 Å². The van der Waals surface area contributed by atoms with Crippen LogP contribution in [0.15, 0.2) is 24.3 Å². The molecule has 1 aromatic rings. The third kappa shape index (κ3) is 3.22. The molecule has 2 rings (SSSR count). The number of anilines is 1. The molecule has 1 aromatic carbocycles. The molecule has 1 aliphatic rings. The van der Waals surface area contributed by atoms with Crippen molar-refractivity contribution >= 4 is 29.4 Å². The van der Waals surface area contributed by atoms with Crippen molar-refractivity contribution in [3.8, 4) is 0 Å². The average Bonchev–Trinajstić information content (AvgIpc) is 2.80. The molecule has 8 heteroatoms. The lowest BCUT2D eigenvalue weighted by atomic mass is 9.93. The molecule has 1 aliphatic heterocycles. The quantitative estimate of drug-likeness (QED) is 0.668. The molecular weight excluding hydrogens is 312 g/mol. The predicted molar refractivity (Wildman–Crippen MR) is 87.1 cm³/mol. The number of rotatable bonds is 6. The second-order valence-electron chi connectivity index (χ2n) is 5.60. The standard InChI is InChI=1S/C16H20N4O4/c1-3-16(4-2)14(23)20(15(24)19-16)9-12(21)18-11-7-5-10(6-8-11)13(17)22/h5-8H,3-4,9H2,1-2H3,(H2,17,22)(H,18,21)(H,19,24). The lowest BCUT2D eigenvalue weighted by molar-refractivity contribution is -0.134. The Morgan fingerprint density at radius 2 is 1.75 bits per heavy atom. The molecule has 1 saturated heterocycles. The highest BCUT2D eigenvalue weighted by Crippen LogP contribution is 2.24. The SMILES string of the molecule is CCC1(CC)NC(=O)N(CC(=O)Nc2ccc(C(N)=O)cc2)C1=O.